The second-order valence-electron chi connectivity index (χ2n) is 11.6. The molecule has 2 N–H and O–H groups in total. The maximum absolute atomic E-state index is 13.9. The van der Waals surface area contributed by atoms with Gasteiger partial charge in [-0.1, -0.05) is 133 Å². The Morgan fingerprint density at radius 3 is 1.00 bits per heavy atom. The lowest BCUT2D eigenvalue weighted by Gasteiger charge is -2.19. The highest BCUT2D eigenvalue weighted by atomic mass is 16.5. The van der Waals surface area contributed by atoms with Gasteiger partial charge in [0.05, 0.1) is 22.8 Å². The number of para-hydroxylation sites is 2. The Kier molecular flexibility index (Phi) is 12.9. The summed E-state index contributed by atoms with van der Waals surface area (Å²) in [6.07, 6.45) is 0. The van der Waals surface area contributed by atoms with E-state index in [0.29, 0.717) is 11.4 Å². The fraction of sp³-hybridized carbons (Fsp3) is 0.143. The number of hydrogen-bond acceptors (Lipinski definition) is 8. The minimum atomic E-state index is -1.15. The highest BCUT2D eigenvalue weighted by Gasteiger charge is 2.25. The predicted octanol–water partition coefficient (Wildman–Crippen LogP) is 6.50. The van der Waals surface area contributed by atoms with E-state index in [1.54, 1.807) is 24.3 Å². The van der Waals surface area contributed by atoms with Crippen LogP contribution in [0, 0.1) is 0 Å². The largest absolute Gasteiger partial charge is 0.463 e. The first kappa shape index (κ1) is 36.6. The zero-order valence-electron chi connectivity index (χ0n) is 28.8. The number of ether oxygens (including phenoxy) is 2. The number of hydrogen-bond donors (Lipinski definition) is 2. The molecule has 0 radical (unpaired) electrons. The quantitative estimate of drug-likeness (QED) is 0.101. The van der Waals surface area contributed by atoms with Gasteiger partial charge in [0.1, 0.15) is 13.2 Å². The van der Waals surface area contributed by atoms with Gasteiger partial charge >= 0.3 is 11.9 Å². The molecular formula is C42H38N4O6. The van der Waals surface area contributed by atoms with Crippen LogP contribution in [0.1, 0.15) is 36.1 Å². The van der Waals surface area contributed by atoms with Crippen molar-refractivity contribution in [2.45, 2.75) is 25.9 Å². The van der Waals surface area contributed by atoms with Gasteiger partial charge in [-0.05, 0) is 12.1 Å². The van der Waals surface area contributed by atoms with Gasteiger partial charge in [0, 0.05) is 36.1 Å². The Balaban J connectivity index is 1.46. The minimum absolute atomic E-state index is 0.270. The molecule has 2 atom stereocenters. The summed E-state index contributed by atoms with van der Waals surface area (Å²) >= 11 is 0. The van der Waals surface area contributed by atoms with E-state index in [-0.39, 0.29) is 24.6 Å². The van der Waals surface area contributed by atoms with Crippen molar-refractivity contribution in [1.82, 2.24) is 0 Å². The lowest BCUT2D eigenvalue weighted by Crippen LogP contribution is -2.34. The van der Waals surface area contributed by atoms with Gasteiger partial charge < -0.3 is 20.1 Å². The standard InChI is InChI=1S/C42H38N4O6/c1-29(47)51-27-37(43-39(31-17-7-3-8-18-31)32-19-9-4-10-20-32)41(49)45-35-25-15-16-26-36(35)46-42(50)38(28-52-30(2)48)44-40(33-21-11-5-12-22-33)34-23-13-6-14-24-34/h3-26,37-38H,27-28H2,1-2H3,(H,45,49)(H,46,50)/t37-,38-/m0/s1. The molecule has 0 saturated heterocycles. The smallest absolute Gasteiger partial charge is 0.302 e. The third kappa shape index (κ3) is 10.4. The molecule has 0 aliphatic carbocycles. The molecule has 5 rings (SSSR count). The first-order chi connectivity index (χ1) is 25.3. The predicted molar refractivity (Wildman–Crippen MR) is 202 cm³/mol. The van der Waals surface area contributed by atoms with Crippen molar-refractivity contribution in [2.24, 2.45) is 9.98 Å². The van der Waals surface area contributed by atoms with Crippen LogP contribution < -0.4 is 10.6 Å². The molecule has 0 fully saturated rings. The lowest BCUT2D eigenvalue weighted by molar-refractivity contribution is -0.143. The molecule has 52 heavy (non-hydrogen) atoms. The fourth-order valence-electron chi connectivity index (χ4n) is 5.20. The average molecular weight is 695 g/mol. The second kappa shape index (κ2) is 18.4. The molecule has 5 aromatic carbocycles. The van der Waals surface area contributed by atoms with Crippen LogP contribution in [0.2, 0.25) is 0 Å². The van der Waals surface area contributed by atoms with Crippen LogP contribution >= 0.6 is 0 Å². The number of anilines is 2. The number of carbonyl (C=O) groups is 4. The Morgan fingerprint density at radius 1 is 0.462 bits per heavy atom. The molecule has 5 aromatic rings. The molecule has 0 bridgehead atoms. The number of rotatable bonds is 14. The summed E-state index contributed by atoms with van der Waals surface area (Å²) in [6.45, 7) is 1.88. The number of nitrogens with one attached hydrogen (secondary N) is 2. The van der Waals surface area contributed by atoms with Crippen molar-refractivity contribution in [1.29, 1.82) is 0 Å². The van der Waals surface area contributed by atoms with E-state index in [9.17, 15) is 19.2 Å². The number of esters is 2. The number of carbonyl (C=O) groups excluding carboxylic acids is 4. The molecule has 0 spiro atoms. The maximum Gasteiger partial charge on any atom is 0.302 e. The molecule has 0 saturated carbocycles. The zero-order chi connectivity index (χ0) is 36.7. The van der Waals surface area contributed by atoms with Gasteiger partial charge in [-0.2, -0.15) is 0 Å². The SMILES string of the molecule is CC(=O)OC[C@H](N=C(c1ccccc1)c1ccccc1)C(=O)Nc1ccccc1NC(=O)[C@H](COC(C)=O)N=C(c1ccccc1)c1ccccc1. The van der Waals surface area contributed by atoms with E-state index in [1.807, 2.05) is 121 Å². The van der Waals surface area contributed by atoms with Gasteiger partial charge in [0.2, 0.25) is 0 Å². The topological polar surface area (TPSA) is 136 Å². The molecule has 0 unspecified atom stereocenters. The lowest BCUT2D eigenvalue weighted by atomic mass is 10.0. The molecular weight excluding hydrogens is 656 g/mol. The maximum atomic E-state index is 13.9. The van der Waals surface area contributed by atoms with Crippen molar-refractivity contribution < 1.29 is 28.7 Å². The Hall–Kier alpha value is -6.68. The summed E-state index contributed by atoms with van der Waals surface area (Å²) in [5.74, 6) is -2.27. The zero-order valence-corrected chi connectivity index (χ0v) is 28.8. The molecule has 10 heteroatoms. The van der Waals surface area contributed by atoms with E-state index >= 15 is 0 Å². The van der Waals surface area contributed by atoms with Gasteiger partial charge in [0.15, 0.2) is 12.1 Å². The fourth-order valence-corrected chi connectivity index (χ4v) is 5.20. The van der Waals surface area contributed by atoms with E-state index in [0.717, 1.165) is 22.3 Å². The second-order valence-corrected chi connectivity index (χ2v) is 11.6. The molecule has 0 heterocycles. The minimum Gasteiger partial charge on any atom is -0.463 e. The van der Waals surface area contributed by atoms with E-state index in [1.165, 1.54) is 13.8 Å². The Morgan fingerprint density at radius 2 is 0.731 bits per heavy atom. The van der Waals surface area contributed by atoms with Crippen molar-refractivity contribution in [3.8, 4) is 0 Å². The molecule has 10 nitrogen and oxygen atoms in total. The van der Waals surface area contributed by atoms with Crippen LogP contribution in [-0.4, -0.2) is 60.5 Å². The van der Waals surface area contributed by atoms with Crippen molar-refractivity contribution in [3.63, 3.8) is 0 Å². The van der Waals surface area contributed by atoms with Crippen LogP contribution in [0.25, 0.3) is 0 Å². The number of aliphatic imine (C=N–C) groups is 2. The summed E-state index contributed by atoms with van der Waals surface area (Å²) in [4.78, 5) is 61.2. The van der Waals surface area contributed by atoms with Crippen LogP contribution in [0.4, 0.5) is 11.4 Å². The number of amides is 2. The molecule has 2 amide bonds. The Labute approximate surface area is 302 Å². The normalized spacial score (nSPS) is 11.6. The van der Waals surface area contributed by atoms with Crippen molar-refractivity contribution in [2.75, 3.05) is 23.8 Å². The summed E-state index contributed by atoms with van der Waals surface area (Å²) in [5, 5.41) is 5.71. The van der Waals surface area contributed by atoms with Crippen molar-refractivity contribution in [3.05, 3.63) is 168 Å². The van der Waals surface area contributed by atoms with Crippen LogP contribution in [-0.2, 0) is 28.7 Å². The third-order valence-corrected chi connectivity index (χ3v) is 7.70. The summed E-state index contributed by atoms with van der Waals surface area (Å²) < 4.78 is 10.6. The average Bonchev–Trinajstić information content (AvgIpc) is 3.17. The first-order valence-corrected chi connectivity index (χ1v) is 16.6. The van der Waals surface area contributed by atoms with Gasteiger partial charge in [-0.25, -0.2) is 0 Å². The van der Waals surface area contributed by atoms with Gasteiger partial charge in [-0.15, -0.1) is 0 Å². The van der Waals surface area contributed by atoms with E-state index in [2.05, 4.69) is 10.6 Å². The van der Waals surface area contributed by atoms with Crippen LogP contribution in [0.15, 0.2) is 156 Å². The van der Waals surface area contributed by atoms with Crippen molar-refractivity contribution >= 4 is 46.6 Å². The first-order valence-electron chi connectivity index (χ1n) is 16.6. The molecule has 0 aliphatic rings. The monoisotopic (exact) mass is 694 g/mol. The van der Waals surface area contributed by atoms with Gasteiger partial charge in [-0.3, -0.25) is 29.2 Å². The van der Waals surface area contributed by atoms with Crippen LogP contribution in [0.5, 0.6) is 0 Å². The van der Waals surface area contributed by atoms with E-state index in [4.69, 9.17) is 19.5 Å². The summed E-state index contributed by atoms with van der Waals surface area (Å²) in [7, 11) is 0. The van der Waals surface area contributed by atoms with Crippen LogP contribution in [0.3, 0.4) is 0 Å². The van der Waals surface area contributed by atoms with E-state index < -0.39 is 35.8 Å². The summed E-state index contributed by atoms with van der Waals surface area (Å²) in [5.41, 5.74) is 4.69. The highest BCUT2D eigenvalue weighted by molar-refractivity contribution is 6.15. The number of benzene rings is 5. The molecule has 0 aromatic heterocycles. The summed E-state index contributed by atoms with van der Waals surface area (Å²) in [6, 6.07) is 41.9. The third-order valence-electron chi connectivity index (χ3n) is 7.70. The Bertz CT molecular complexity index is 1800. The van der Waals surface area contributed by atoms with Gasteiger partial charge in [0.25, 0.3) is 11.8 Å². The highest BCUT2D eigenvalue weighted by Crippen LogP contribution is 2.23. The molecule has 262 valence electrons. The molecule has 0 aliphatic heterocycles. The number of nitrogens with zero attached hydrogens (tertiary/aromatic N) is 2.